The molecule has 5 nitrogen and oxygen atoms in total. The number of nitriles is 1. The third-order valence-corrected chi connectivity index (χ3v) is 4.54. The molecule has 0 saturated heterocycles. The molecule has 0 fully saturated rings. The van der Waals surface area contributed by atoms with E-state index < -0.39 is 0 Å². The van der Waals surface area contributed by atoms with E-state index in [1.54, 1.807) is 0 Å². The fraction of sp³-hybridized carbons (Fsp3) is 0.273. The van der Waals surface area contributed by atoms with Crippen LogP contribution < -0.4 is 10.6 Å². The van der Waals surface area contributed by atoms with Crippen LogP contribution in [0.5, 0.6) is 0 Å². The Bertz CT molecular complexity index is 967. The number of aryl methyl sites for hydroxylation is 1. The van der Waals surface area contributed by atoms with Gasteiger partial charge in [-0.3, -0.25) is 0 Å². The molecule has 0 radical (unpaired) electrons. The molecule has 0 spiro atoms. The lowest BCUT2D eigenvalue weighted by Gasteiger charge is -2.11. The zero-order valence-electron chi connectivity index (χ0n) is 16.2. The number of rotatable bonds is 6. The molecule has 28 heavy (non-hydrogen) atoms. The summed E-state index contributed by atoms with van der Waals surface area (Å²) in [4.78, 5) is 8.10. The number of fused-ring (bicyclic) bond motifs is 1. The van der Waals surface area contributed by atoms with Crippen LogP contribution in [-0.2, 0) is 13.0 Å². The summed E-state index contributed by atoms with van der Waals surface area (Å²) in [5.41, 5.74) is 5.51. The third kappa shape index (κ3) is 5.49. The van der Waals surface area contributed by atoms with Gasteiger partial charge in [0.2, 0.25) is 0 Å². The van der Waals surface area contributed by atoms with Gasteiger partial charge in [-0.1, -0.05) is 30.3 Å². The second-order valence-corrected chi connectivity index (χ2v) is 6.45. The minimum absolute atomic E-state index is 0. The van der Waals surface area contributed by atoms with Gasteiger partial charge in [-0.05, 0) is 49.6 Å². The molecule has 0 saturated carbocycles. The van der Waals surface area contributed by atoms with Crippen molar-refractivity contribution in [2.45, 2.75) is 26.8 Å². The molecule has 0 aliphatic heterocycles. The van der Waals surface area contributed by atoms with E-state index in [0.717, 1.165) is 31.0 Å². The lowest BCUT2D eigenvalue weighted by Crippen LogP contribution is -2.38. The van der Waals surface area contributed by atoms with Crippen molar-refractivity contribution >= 4 is 40.8 Å². The molecule has 1 aromatic heterocycles. The molecule has 3 N–H and O–H groups in total. The maximum Gasteiger partial charge on any atom is 0.191 e. The second-order valence-electron chi connectivity index (χ2n) is 6.45. The highest BCUT2D eigenvalue weighted by Crippen LogP contribution is 2.21. The Labute approximate surface area is 183 Å². The Balaban J connectivity index is 0.00000280. The first-order chi connectivity index (χ1) is 13.2. The quantitative estimate of drug-likeness (QED) is 0.276. The summed E-state index contributed by atoms with van der Waals surface area (Å²) < 4.78 is 0. The topological polar surface area (TPSA) is 76.0 Å². The van der Waals surface area contributed by atoms with Crippen LogP contribution in [0, 0.1) is 18.3 Å². The second kappa shape index (κ2) is 10.7. The van der Waals surface area contributed by atoms with Gasteiger partial charge in [0.05, 0.1) is 18.2 Å². The van der Waals surface area contributed by atoms with E-state index in [1.807, 2.05) is 24.3 Å². The zero-order chi connectivity index (χ0) is 19.1. The highest BCUT2D eigenvalue weighted by molar-refractivity contribution is 14.0. The van der Waals surface area contributed by atoms with Crippen molar-refractivity contribution in [1.82, 2.24) is 15.6 Å². The van der Waals surface area contributed by atoms with Crippen molar-refractivity contribution < 1.29 is 0 Å². The predicted molar refractivity (Wildman–Crippen MR) is 126 cm³/mol. The number of nitrogens with one attached hydrogen (secondary N) is 3. The van der Waals surface area contributed by atoms with E-state index in [4.69, 9.17) is 5.26 Å². The molecule has 0 amide bonds. The molecule has 146 valence electrons. The van der Waals surface area contributed by atoms with Crippen LogP contribution in [0.25, 0.3) is 10.9 Å². The van der Waals surface area contributed by atoms with Crippen molar-refractivity contribution in [2.75, 3.05) is 13.1 Å². The van der Waals surface area contributed by atoms with Crippen LogP contribution in [-0.4, -0.2) is 24.0 Å². The molecular formula is C22H26IN5. The van der Waals surface area contributed by atoms with Crippen LogP contribution >= 0.6 is 24.0 Å². The fourth-order valence-corrected chi connectivity index (χ4v) is 3.16. The van der Waals surface area contributed by atoms with Crippen LogP contribution in [0.3, 0.4) is 0 Å². The standard InChI is InChI=1S/C22H25N5.HI/c1-3-24-22(26-15-18-10-8-17(14-23)9-11-18)25-13-12-19-16(2)27-21-7-5-4-6-20(19)21;/h4-11,27H,3,12-13,15H2,1-2H3,(H2,24,25,26);1H. The summed E-state index contributed by atoms with van der Waals surface area (Å²) in [5.74, 6) is 0.805. The van der Waals surface area contributed by atoms with Gasteiger partial charge in [0.1, 0.15) is 0 Å². The lowest BCUT2D eigenvalue weighted by atomic mass is 10.1. The predicted octanol–water partition coefficient (Wildman–Crippen LogP) is 4.26. The summed E-state index contributed by atoms with van der Waals surface area (Å²) >= 11 is 0. The molecule has 2 aromatic carbocycles. The van der Waals surface area contributed by atoms with E-state index in [1.165, 1.54) is 22.2 Å². The number of aliphatic imine (C=N–C) groups is 1. The van der Waals surface area contributed by atoms with Crippen molar-refractivity contribution in [3.8, 4) is 6.07 Å². The largest absolute Gasteiger partial charge is 0.358 e. The van der Waals surface area contributed by atoms with E-state index in [0.29, 0.717) is 12.1 Å². The van der Waals surface area contributed by atoms with Crippen molar-refractivity contribution in [3.05, 3.63) is 70.9 Å². The van der Waals surface area contributed by atoms with Crippen molar-refractivity contribution in [1.29, 1.82) is 5.26 Å². The normalized spacial score (nSPS) is 11.0. The lowest BCUT2D eigenvalue weighted by molar-refractivity contribution is 0.799. The SMILES string of the molecule is CCNC(=NCc1ccc(C#N)cc1)NCCc1c(C)[nH]c2ccccc12.I. The van der Waals surface area contributed by atoms with Gasteiger partial charge in [-0.25, -0.2) is 4.99 Å². The van der Waals surface area contributed by atoms with Crippen molar-refractivity contribution in [3.63, 3.8) is 0 Å². The Morgan fingerprint density at radius 3 is 2.57 bits per heavy atom. The number of halogens is 1. The Hall–Kier alpha value is -2.53. The number of benzene rings is 2. The summed E-state index contributed by atoms with van der Waals surface area (Å²) in [6.07, 6.45) is 0.928. The summed E-state index contributed by atoms with van der Waals surface area (Å²) in [5, 5.41) is 16.9. The van der Waals surface area contributed by atoms with E-state index in [2.05, 4.69) is 64.8 Å². The fourth-order valence-electron chi connectivity index (χ4n) is 3.16. The number of H-pyrrole nitrogens is 1. The van der Waals surface area contributed by atoms with Gasteiger partial charge in [0, 0.05) is 29.7 Å². The number of nitrogens with zero attached hydrogens (tertiary/aromatic N) is 2. The van der Waals surface area contributed by atoms with E-state index in [-0.39, 0.29) is 24.0 Å². The van der Waals surface area contributed by atoms with Gasteiger partial charge in [-0.15, -0.1) is 24.0 Å². The number of hydrogen-bond acceptors (Lipinski definition) is 2. The number of hydrogen-bond donors (Lipinski definition) is 3. The molecule has 3 aromatic rings. The van der Waals surface area contributed by atoms with Crippen LogP contribution in [0.2, 0.25) is 0 Å². The van der Waals surface area contributed by atoms with Crippen LogP contribution in [0.4, 0.5) is 0 Å². The first-order valence-corrected chi connectivity index (χ1v) is 9.28. The molecule has 1 heterocycles. The minimum atomic E-state index is 0. The summed E-state index contributed by atoms with van der Waals surface area (Å²) in [6, 6.07) is 18.1. The average Bonchev–Trinajstić information content (AvgIpc) is 3.02. The smallest absolute Gasteiger partial charge is 0.191 e. The highest BCUT2D eigenvalue weighted by Gasteiger charge is 2.07. The number of guanidine groups is 1. The van der Waals surface area contributed by atoms with Gasteiger partial charge < -0.3 is 15.6 Å². The number of para-hydroxylation sites is 1. The highest BCUT2D eigenvalue weighted by atomic mass is 127. The summed E-state index contributed by atoms with van der Waals surface area (Å²) in [6.45, 7) is 6.38. The maximum atomic E-state index is 8.88. The Morgan fingerprint density at radius 2 is 1.86 bits per heavy atom. The zero-order valence-corrected chi connectivity index (χ0v) is 18.6. The van der Waals surface area contributed by atoms with Gasteiger partial charge in [0.25, 0.3) is 0 Å². The Morgan fingerprint density at radius 1 is 1.11 bits per heavy atom. The molecule has 0 atom stereocenters. The molecular weight excluding hydrogens is 461 g/mol. The average molecular weight is 487 g/mol. The van der Waals surface area contributed by atoms with E-state index >= 15 is 0 Å². The number of aromatic amines is 1. The molecule has 3 rings (SSSR count). The van der Waals surface area contributed by atoms with Crippen LogP contribution in [0.1, 0.15) is 29.3 Å². The minimum Gasteiger partial charge on any atom is -0.358 e. The third-order valence-electron chi connectivity index (χ3n) is 4.54. The van der Waals surface area contributed by atoms with Gasteiger partial charge in [-0.2, -0.15) is 5.26 Å². The van der Waals surface area contributed by atoms with Gasteiger partial charge >= 0.3 is 0 Å². The Kier molecular flexibility index (Phi) is 8.33. The summed E-state index contributed by atoms with van der Waals surface area (Å²) in [7, 11) is 0. The molecule has 0 aliphatic rings. The van der Waals surface area contributed by atoms with Crippen molar-refractivity contribution in [2.24, 2.45) is 4.99 Å². The molecule has 6 heteroatoms. The molecule has 0 unspecified atom stereocenters. The van der Waals surface area contributed by atoms with Crippen LogP contribution in [0.15, 0.2) is 53.5 Å². The van der Waals surface area contributed by atoms with E-state index in [9.17, 15) is 0 Å². The maximum absolute atomic E-state index is 8.88. The van der Waals surface area contributed by atoms with Gasteiger partial charge in [0.15, 0.2) is 5.96 Å². The first kappa shape index (κ1) is 21.8. The number of aromatic nitrogens is 1. The molecule has 0 aliphatic carbocycles. The monoisotopic (exact) mass is 487 g/mol. The molecule has 0 bridgehead atoms. The first-order valence-electron chi connectivity index (χ1n) is 9.28.